The van der Waals surface area contributed by atoms with E-state index in [9.17, 15) is 4.79 Å². The smallest absolute Gasteiger partial charge is 0.252 e. The molecule has 0 aliphatic heterocycles. The molecule has 2 heterocycles. The number of fused-ring (bicyclic) bond motifs is 1. The van der Waals surface area contributed by atoms with Crippen molar-refractivity contribution in [2.45, 2.75) is 6.54 Å². The van der Waals surface area contributed by atoms with Crippen LogP contribution in [-0.2, 0) is 6.54 Å². The highest BCUT2D eigenvalue weighted by Crippen LogP contribution is 2.24. The summed E-state index contributed by atoms with van der Waals surface area (Å²) in [6.45, 7) is 0.464. The first-order valence-electron chi connectivity index (χ1n) is 9.46. The Morgan fingerprint density at radius 1 is 1.00 bits per heavy atom. The van der Waals surface area contributed by atoms with Gasteiger partial charge >= 0.3 is 0 Å². The SMILES string of the molecule is CN(C)c1ccc(CNC(=O)c2cc(-c3cccnc3)nc3ccccc23)cc1. The van der Waals surface area contributed by atoms with Crippen LogP contribution in [0, 0.1) is 0 Å². The van der Waals surface area contributed by atoms with Crippen LogP contribution >= 0.6 is 0 Å². The molecule has 1 N–H and O–H groups in total. The molecule has 0 unspecified atom stereocenters. The Kier molecular flexibility index (Phi) is 5.20. The van der Waals surface area contributed by atoms with Crippen molar-refractivity contribution >= 4 is 22.5 Å². The van der Waals surface area contributed by atoms with Crippen molar-refractivity contribution < 1.29 is 4.79 Å². The van der Waals surface area contributed by atoms with Gasteiger partial charge in [-0.15, -0.1) is 0 Å². The van der Waals surface area contributed by atoms with E-state index in [1.165, 1.54) is 0 Å². The first kappa shape index (κ1) is 18.6. The summed E-state index contributed by atoms with van der Waals surface area (Å²) in [6.07, 6.45) is 3.48. The molecular formula is C24H22N4O. The standard InChI is InChI=1S/C24H22N4O/c1-28(2)19-11-9-17(10-12-19)15-26-24(29)21-14-23(18-6-5-13-25-16-18)27-22-8-4-3-7-20(21)22/h3-14,16H,15H2,1-2H3,(H,26,29). The van der Waals surface area contributed by atoms with Crippen LogP contribution in [0.15, 0.2) is 79.1 Å². The maximum absolute atomic E-state index is 13.0. The van der Waals surface area contributed by atoms with Crippen molar-refractivity contribution in [3.63, 3.8) is 0 Å². The lowest BCUT2D eigenvalue weighted by atomic mass is 10.0. The molecule has 4 rings (SSSR count). The lowest BCUT2D eigenvalue weighted by Crippen LogP contribution is -2.23. The zero-order valence-electron chi connectivity index (χ0n) is 16.5. The quantitative estimate of drug-likeness (QED) is 0.559. The molecule has 144 valence electrons. The number of anilines is 1. The van der Waals surface area contributed by atoms with Crippen molar-refractivity contribution in [3.05, 3.63) is 90.3 Å². The Bertz CT molecular complexity index is 1140. The topological polar surface area (TPSA) is 58.1 Å². The number of benzene rings is 2. The normalized spacial score (nSPS) is 10.7. The highest BCUT2D eigenvalue weighted by Gasteiger charge is 2.14. The molecule has 0 atom stereocenters. The molecule has 4 aromatic rings. The molecule has 0 fully saturated rings. The number of amides is 1. The second-order valence-corrected chi connectivity index (χ2v) is 7.06. The summed E-state index contributed by atoms with van der Waals surface area (Å²) in [5.74, 6) is -0.120. The van der Waals surface area contributed by atoms with Crippen LogP contribution in [0.2, 0.25) is 0 Å². The van der Waals surface area contributed by atoms with E-state index in [0.717, 1.165) is 33.4 Å². The molecule has 2 aromatic carbocycles. The number of pyridine rings is 2. The molecule has 0 bridgehead atoms. The van der Waals surface area contributed by atoms with Gasteiger partial charge in [-0.25, -0.2) is 4.98 Å². The highest BCUT2D eigenvalue weighted by atomic mass is 16.1. The molecule has 0 spiro atoms. The molecular weight excluding hydrogens is 360 g/mol. The van der Waals surface area contributed by atoms with Crippen LogP contribution in [0.4, 0.5) is 5.69 Å². The average Bonchev–Trinajstić information content (AvgIpc) is 2.77. The van der Waals surface area contributed by atoms with E-state index in [2.05, 4.69) is 10.3 Å². The summed E-state index contributed by atoms with van der Waals surface area (Å²) < 4.78 is 0. The number of para-hydroxylation sites is 1. The number of hydrogen-bond donors (Lipinski definition) is 1. The maximum Gasteiger partial charge on any atom is 0.252 e. The Hall–Kier alpha value is -3.73. The molecule has 0 aliphatic rings. The Morgan fingerprint density at radius 3 is 2.52 bits per heavy atom. The van der Waals surface area contributed by atoms with Gasteiger partial charge in [0.1, 0.15) is 0 Å². The third-order valence-corrected chi connectivity index (χ3v) is 4.82. The van der Waals surface area contributed by atoms with E-state index in [1.807, 2.05) is 85.7 Å². The zero-order valence-corrected chi connectivity index (χ0v) is 16.5. The van der Waals surface area contributed by atoms with E-state index < -0.39 is 0 Å². The van der Waals surface area contributed by atoms with E-state index in [-0.39, 0.29) is 5.91 Å². The van der Waals surface area contributed by atoms with E-state index >= 15 is 0 Å². The van der Waals surface area contributed by atoms with Crippen molar-refractivity contribution in [1.82, 2.24) is 15.3 Å². The van der Waals surface area contributed by atoms with Gasteiger partial charge in [-0.1, -0.05) is 30.3 Å². The Labute approximate surface area is 170 Å². The number of nitrogens with zero attached hydrogens (tertiary/aromatic N) is 3. The van der Waals surface area contributed by atoms with Crippen LogP contribution < -0.4 is 10.2 Å². The number of carbonyl (C=O) groups is 1. The zero-order chi connectivity index (χ0) is 20.2. The fourth-order valence-electron chi connectivity index (χ4n) is 3.21. The van der Waals surface area contributed by atoms with Gasteiger partial charge in [0.25, 0.3) is 5.91 Å². The molecule has 1 amide bonds. The minimum absolute atomic E-state index is 0.120. The van der Waals surface area contributed by atoms with Gasteiger partial charge in [0.15, 0.2) is 0 Å². The monoisotopic (exact) mass is 382 g/mol. The maximum atomic E-state index is 13.0. The van der Waals surface area contributed by atoms with Gasteiger partial charge in [-0.05, 0) is 42.0 Å². The predicted molar refractivity (Wildman–Crippen MR) is 117 cm³/mol. The lowest BCUT2D eigenvalue weighted by molar-refractivity contribution is 0.0952. The third-order valence-electron chi connectivity index (χ3n) is 4.82. The first-order valence-corrected chi connectivity index (χ1v) is 9.46. The molecule has 2 aromatic heterocycles. The molecule has 0 saturated carbocycles. The molecule has 5 nitrogen and oxygen atoms in total. The minimum atomic E-state index is -0.120. The highest BCUT2D eigenvalue weighted by molar-refractivity contribution is 6.07. The number of nitrogens with one attached hydrogen (secondary N) is 1. The van der Waals surface area contributed by atoms with E-state index in [4.69, 9.17) is 4.98 Å². The molecule has 5 heteroatoms. The van der Waals surface area contributed by atoms with E-state index in [1.54, 1.807) is 12.4 Å². The largest absolute Gasteiger partial charge is 0.378 e. The van der Waals surface area contributed by atoms with Crippen molar-refractivity contribution in [1.29, 1.82) is 0 Å². The van der Waals surface area contributed by atoms with Gasteiger partial charge in [-0.2, -0.15) is 0 Å². The summed E-state index contributed by atoms with van der Waals surface area (Å²) in [5.41, 5.74) is 5.19. The first-order chi connectivity index (χ1) is 14.1. The molecule has 0 aliphatic carbocycles. The minimum Gasteiger partial charge on any atom is -0.378 e. The number of rotatable bonds is 5. The van der Waals surface area contributed by atoms with Gasteiger partial charge in [-0.3, -0.25) is 9.78 Å². The number of aromatic nitrogens is 2. The molecule has 0 saturated heterocycles. The Morgan fingerprint density at radius 2 is 1.79 bits per heavy atom. The van der Waals surface area contributed by atoms with Crippen LogP contribution in [0.3, 0.4) is 0 Å². The van der Waals surface area contributed by atoms with Gasteiger partial charge in [0.05, 0.1) is 16.8 Å². The summed E-state index contributed by atoms with van der Waals surface area (Å²) in [6, 6.07) is 21.5. The van der Waals surface area contributed by atoms with Gasteiger partial charge in [0, 0.05) is 49.7 Å². The van der Waals surface area contributed by atoms with Crippen molar-refractivity contribution in [3.8, 4) is 11.3 Å². The summed E-state index contributed by atoms with van der Waals surface area (Å²) in [7, 11) is 4.01. The summed E-state index contributed by atoms with van der Waals surface area (Å²) >= 11 is 0. The van der Waals surface area contributed by atoms with E-state index in [0.29, 0.717) is 12.1 Å². The number of hydrogen-bond acceptors (Lipinski definition) is 4. The third kappa shape index (κ3) is 4.09. The van der Waals surface area contributed by atoms with Crippen molar-refractivity contribution in [2.24, 2.45) is 0 Å². The molecule has 0 radical (unpaired) electrons. The van der Waals surface area contributed by atoms with Crippen molar-refractivity contribution in [2.75, 3.05) is 19.0 Å². The van der Waals surface area contributed by atoms with Gasteiger partial charge < -0.3 is 10.2 Å². The average molecular weight is 382 g/mol. The summed E-state index contributed by atoms with van der Waals surface area (Å²) in [5, 5.41) is 3.87. The van der Waals surface area contributed by atoms with Crippen LogP contribution in [0.1, 0.15) is 15.9 Å². The second kappa shape index (κ2) is 8.10. The Balaban J connectivity index is 1.62. The van der Waals surface area contributed by atoms with Crippen LogP contribution in [-0.4, -0.2) is 30.0 Å². The number of carbonyl (C=O) groups excluding carboxylic acids is 1. The van der Waals surface area contributed by atoms with Crippen LogP contribution in [0.5, 0.6) is 0 Å². The van der Waals surface area contributed by atoms with Crippen LogP contribution in [0.25, 0.3) is 22.2 Å². The van der Waals surface area contributed by atoms with Gasteiger partial charge in [0.2, 0.25) is 0 Å². The fraction of sp³-hybridized carbons (Fsp3) is 0.125. The fourth-order valence-corrected chi connectivity index (χ4v) is 3.21. The molecule has 29 heavy (non-hydrogen) atoms. The second-order valence-electron chi connectivity index (χ2n) is 7.06. The predicted octanol–water partition coefficient (Wildman–Crippen LogP) is 4.29. The lowest BCUT2D eigenvalue weighted by Gasteiger charge is -2.13. The summed E-state index contributed by atoms with van der Waals surface area (Å²) in [4.78, 5) is 24.0.